The molecule has 3 aromatic rings. The molecule has 114 valence electrons. The lowest BCUT2D eigenvalue weighted by molar-refractivity contribution is 0.749. The molecule has 0 aliphatic rings. The second kappa shape index (κ2) is 7.04. The van der Waals surface area contributed by atoms with Crippen molar-refractivity contribution >= 4 is 46.3 Å². The van der Waals surface area contributed by atoms with Crippen LogP contribution in [0.4, 0.5) is 0 Å². The number of thioether (sulfide) groups is 1. The normalized spacial score (nSPS) is 11.0. The third-order valence-electron chi connectivity index (χ3n) is 3.27. The summed E-state index contributed by atoms with van der Waals surface area (Å²) in [5, 5.41) is 15.0. The molecule has 0 saturated carbocycles. The van der Waals surface area contributed by atoms with Gasteiger partial charge in [0.05, 0.1) is 0 Å². The van der Waals surface area contributed by atoms with Crippen LogP contribution in [0.1, 0.15) is 17.0 Å². The highest BCUT2D eigenvalue weighted by atomic mass is 35.5. The highest BCUT2D eigenvalue weighted by Gasteiger charge is 2.12. The maximum absolute atomic E-state index is 6.20. The van der Waals surface area contributed by atoms with Crippen molar-refractivity contribution in [3.05, 3.63) is 62.0 Å². The average molecular weight is 370 g/mol. The standard InChI is InChI=1S/C15H13Cl2N3S2/c1-20-14(7-10-5-6-21-8-10)18-19-15(20)22-9-11-12(16)3-2-4-13(11)17/h2-6,8H,7,9H2,1H3. The lowest BCUT2D eigenvalue weighted by atomic mass is 10.2. The van der Waals surface area contributed by atoms with E-state index in [2.05, 4.69) is 27.0 Å². The van der Waals surface area contributed by atoms with Crippen molar-refractivity contribution in [2.75, 3.05) is 0 Å². The van der Waals surface area contributed by atoms with Crippen molar-refractivity contribution in [2.45, 2.75) is 17.3 Å². The van der Waals surface area contributed by atoms with Gasteiger partial charge in [0.15, 0.2) is 5.16 Å². The largest absolute Gasteiger partial charge is 0.309 e. The zero-order valence-electron chi connectivity index (χ0n) is 11.8. The quantitative estimate of drug-likeness (QED) is 0.588. The average Bonchev–Trinajstić information content (AvgIpc) is 3.11. The predicted octanol–water partition coefficient (Wildman–Crippen LogP) is 5.07. The van der Waals surface area contributed by atoms with Gasteiger partial charge in [0.2, 0.25) is 0 Å². The fourth-order valence-corrected chi connectivity index (χ4v) is 4.35. The van der Waals surface area contributed by atoms with Gasteiger partial charge < -0.3 is 4.57 Å². The lowest BCUT2D eigenvalue weighted by Crippen LogP contribution is -1.99. The molecule has 3 rings (SSSR count). The van der Waals surface area contributed by atoms with E-state index in [4.69, 9.17) is 23.2 Å². The van der Waals surface area contributed by atoms with E-state index in [0.717, 1.165) is 23.0 Å². The van der Waals surface area contributed by atoms with E-state index in [1.807, 2.05) is 29.8 Å². The Balaban J connectivity index is 1.72. The molecular weight excluding hydrogens is 357 g/mol. The molecule has 0 spiro atoms. The van der Waals surface area contributed by atoms with Gasteiger partial charge in [-0.25, -0.2) is 0 Å². The Hall–Kier alpha value is -1.01. The summed E-state index contributed by atoms with van der Waals surface area (Å²) in [5.74, 6) is 1.62. The zero-order valence-corrected chi connectivity index (χ0v) is 14.9. The molecule has 0 radical (unpaired) electrons. The molecule has 22 heavy (non-hydrogen) atoms. The summed E-state index contributed by atoms with van der Waals surface area (Å²) in [5.41, 5.74) is 2.18. The molecule has 0 aliphatic heterocycles. The van der Waals surface area contributed by atoms with Crippen LogP contribution in [0.15, 0.2) is 40.2 Å². The van der Waals surface area contributed by atoms with Gasteiger partial charge in [0, 0.05) is 29.3 Å². The van der Waals surface area contributed by atoms with Crippen molar-refractivity contribution in [1.29, 1.82) is 0 Å². The van der Waals surface area contributed by atoms with Crippen LogP contribution >= 0.6 is 46.3 Å². The molecule has 0 aliphatic carbocycles. The van der Waals surface area contributed by atoms with Gasteiger partial charge in [-0.05, 0) is 40.1 Å². The molecule has 7 heteroatoms. The zero-order chi connectivity index (χ0) is 15.5. The fraction of sp³-hybridized carbons (Fsp3) is 0.200. The topological polar surface area (TPSA) is 30.7 Å². The smallest absolute Gasteiger partial charge is 0.191 e. The molecule has 2 aromatic heterocycles. The number of benzene rings is 1. The molecule has 0 unspecified atom stereocenters. The third kappa shape index (κ3) is 3.49. The first-order chi connectivity index (χ1) is 10.6. The summed E-state index contributed by atoms with van der Waals surface area (Å²) in [6, 6.07) is 7.65. The van der Waals surface area contributed by atoms with Crippen molar-refractivity contribution in [2.24, 2.45) is 7.05 Å². The Morgan fingerprint density at radius 1 is 1.18 bits per heavy atom. The summed E-state index contributed by atoms with van der Waals surface area (Å²) in [6.07, 6.45) is 0.792. The molecule has 1 aromatic carbocycles. The monoisotopic (exact) mass is 369 g/mol. The Morgan fingerprint density at radius 2 is 1.95 bits per heavy atom. The minimum Gasteiger partial charge on any atom is -0.309 e. The van der Waals surface area contributed by atoms with E-state index < -0.39 is 0 Å². The van der Waals surface area contributed by atoms with Gasteiger partial charge in [-0.1, -0.05) is 41.0 Å². The van der Waals surface area contributed by atoms with Gasteiger partial charge in [0.1, 0.15) is 5.82 Å². The molecule has 0 N–H and O–H groups in total. The van der Waals surface area contributed by atoms with Gasteiger partial charge in [-0.2, -0.15) is 11.3 Å². The van der Waals surface area contributed by atoms with E-state index in [0.29, 0.717) is 15.8 Å². The maximum Gasteiger partial charge on any atom is 0.191 e. The molecule has 0 atom stereocenters. The Kier molecular flexibility index (Phi) is 5.08. The maximum atomic E-state index is 6.20. The fourth-order valence-electron chi connectivity index (χ4n) is 2.01. The molecule has 0 bridgehead atoms. The Labute approximate surface area is 147 Å². The number of halogens is 2. The first kappa shape index (κ1) is 15.9. The van der Waals surface area contributed by atoms with E-state index in [1.54, 1.807) is 23.1 Å². The van der Waals surface area contributed by atoms with Crippen LogP contribution in [0.5, 0.6) is 0 Å². The second-order valence-corrected chi connectivity index (χ2v) is 7.29. The predicted molar refractivity (Wildman–Crippen MR) is 94.2 cm³/mol. The van der Waals surface area contributed by atoms with Crippen LogP contribution in [0.2, 0.25) is 10.0 Å². The van der Waals surface area contributed by atoms with Crippen molar-refractivity contribution in [1.82, 2.24) is 14.8 Å². The van der Waals surface area contributed by atoms with Crippen molar-refractivity contribution in [3.8, 4) is 0 Å². The second-order valence-electron chi connectivity index (χ2n) is 4.76. The molecular formula is C15H13Cl2N3S2. The summed E-state index contributed by atoms with van der Waals surface area (Å²) in [6.45, 7) is 0. The van der Waals surface area contributed by atoms with Gasteiger partial charge in [0.25, 0.3) is 0 Å². The van der Waals surface area contributed by atoms with Gasteiger partial charge in [-0.3, -0.25) is 0 Å². The van der Waals surface area contributed by atoms with E-state index in [1.165, 1.54) is 5.56 Å². The number of aromatic nitrogens is 3. The van der Waals surface area contributed by atoms with Gasteiger partial charge >= 0.3 is 0 Å². The minimum absolute atomic E-state index is 0.670. The van der Waals surface area contributed by atoms with Gasteiger partial charge in [-0.15, -0.1) is 10.2 Å². The number of nitrogens with zero attached hydrogens (tertiary/aromatic N) is 3. The van der Waals surface area contributed by atoms with E-state index in [9.17, 15) is 0 Å². The first-order valence-corrected chi connectivity index (χ1v) is 9.28. The van der Waals surface area contributed by atoms with Crippen molar-refractivity contribution < 1.29 is 0 Å². The first-order valence-electron chi connectivity index (χ1n) is 6.60. The van der Waals surface area contributed by atoms with Crippen molar-refractivity contribution in [3.63, 3.8) is 0 Å². The molecule has 0 fully saturated rings. The third-order valence-corrected chi connectivity index (χ3v) is 5.76. The summed E-state index contributed by atoms with van der Waals surface area (Å²) < 4.78 is 2.02. The summed E-state index contributed by atoms with van der Waals surface area (Å²) in [4.78, 5) is 0. The van der Waals surface area contributed by atoms with Crippen LogP contribution in [-0.4, -0.2) is 14.8 Å². The van der Waals surface area contributed by atoms with Crippen LogP contribution in [0.25, 0.3) is 0 Å². The number of rotatable bonds is 5. The van der Waals surface area contributed by atoms with E-state index in [-0.39, 0.29) is 0 Å². The highest BCUT2D eigenvalue weighted by molar-refractivity contribution is 7.98. The number of hydrogen-bond donors (Lipinski definition) is 0. The Bertz CT molecular complexity index is 749. The summed E-state index contributed by atoms with van der Waals surface area (Å²) in [7, 11) is 1.98. The van der Waals surface area contributed by atoms with Crippen LogP contribution in [0, 0.1) is 0 Å². The van der Waals surface area contributed by atoms with Crippen LogP contribution < -0.4 is 0 Å². The Morgan fingerprint density at radius 3 is 2.64 bits per heavy atom. The number of thiophene rings is 1. The van der Waals surface area contributed by atoms with Crippen LogP contribution in [-0.2, 0) is 19.2 Å². The lowest BCUT2D eigenvalue weighted by Gasteiger charge is -2.06. The molecule has 0 saturated heterocycles. The minimum atomic E-state index is 0.670. The number of hydrogen-bond acceptors (Lipinski definition) is 4. The molecule has 3 nitrogen and oxygen atoms in total. The van der Waals surface area contributed by atoms with E-state index >= 15 is 0 Å². The molecule has 2 heterocycles. The highest BCUT2D eigenvalue weighted by Crippen LogP contribution is 2.31. The molecule has 0 amide bonds. The SMILES string of the molecule is Cn1c(Cc2ccsc2)nnc1SCc1c(Cl)cccc1Cl. The van der Waals surface area contributed by atoms with Crippen LogP contribution in [0.3, 0.4) is 0 Å². The summed E-state index contributed by atoms with van der Waals surface area (Å²) >= 11 is 15.7.